The monoisotopic (exact) mass is 272 g/mol. The first kappa shape index (κ1) is 14.1. The number of nitrogens with zero attached hydrogens (tertiary/aromatic N) is 3. The predicted octanol–water partition coefficient (Wildman–Crippen LogP) is 3.01. The second kappa shape index (κ2) is 6.75. The fraction of sp³-hybridized carbons (Fsp3) is 0.333. The normalized spacial score (nSPS) is 10.3. The van der Waals surface area contributed by atoms with Gasteiger partial charge in [0.05, 0.1) is 7.11 Å². The van der Waals surface area contributed by atoms with Crippen molar-refractivity contribution in [1.29, 1.82) is 0 Å². The minimum atomic E-state index is 0.410. The van der Waals surface area contributed by atoms with Crippen molar-refractivity contribution in [2.45, 2.75) is 19.8 Å². The molecule has 0 fully saturated rings. The van der Waals surface area contributed by atoms with E-state index in [4.69, 9.17) is 10.5 Å². The Labute approximate surface area is 119 Å². The summed E-state index contributed by atoms with van der Waals surface area (Å²) in [6.45, 7) is 3.01. The summed E-state index contributed by atoms with van der Waals surface area (Å²) < 4.78 is 5.17. The van der Waals surface area contributed by atoms with Crippen LogP contribution in [0.15, 0.2) is 36.7 Å². The summed E-state index contributed by atoms with van der Waals surface area (Å²) in [5.74, 6) is 1.10. The second-order valence-electron chi connectivity index (χ2n) is 4.46. The van der Waals surface area contributed by atoms with Gasteiger partial charge in [-0.1, -0.05) is 31.5 Å². The van der Waals surface area contributed by atoms with E-state index in [9.17, 15) is 0 Å². The molecule has 0 amide bonds. The average molecular weight is 272 g/mol. The van der Waals surface area contributed by atoms with Gasteiger partial charge in [0, 0.05) is 12.2 Å². The van der Waals surface area contributed by atoms with Crippen LogP contribution in [-0.2, 0) is 0 Å². The maximum absolute atomic E-state index is 6.11. The first-order valence-electron chi connectivity index (χ1n) is 6.75. The molecule has 2 aromatic rings. The number of hydrogen-bond acceptors (Lipinski definition) is 5. The number of para-hydroxylation sites is 1. The second-order valence-corrected chi connectivity index (χ2v) is 4.46. The van der Waals surface area contributed by atoms with Crippen molar-refractivity contribution in [3.05, 3.63) is 36.7 Å². The van der Waals surface area contributed by atoms with Crippen molar-refractivity contribution >= 4 is 17.2 Å². The van der Waals surface area contributed by atoms with E-state index in [0.717, 1.165) is 25.1 Å². The summed E-state index contributed by atoms with van der Waals surface area (Å²) in [5, 5.41) is 0. The molecule has 5 heteroatoms. The minimum absolute atomic E-state index is 0.410. The van der Waals surface area contributed by atoms with Gasteiger partial charge in [-0.2, -0.15) is 4.98 Å². The molecule has 0 aliphatic rings. The number of nitrogen functional groups attached to an aromatic ring is 1. The highest BCUT2D eigenvalue weighted by atomic mass is 16.5. The molecule has 0 bridgehead atoms. The highest BCUT2D eigenvalue weighted by molar-refractivity contribution is 5.74. The molecule has 2 rings (SSSR count). The molecular formula is C15H20N4O. The van der Waals surface area contributed by atoms with Crippen LogP contribution < -0.4 is 15.4 Å². The summed E-state index contributed by atoms with van der Waals surface area (Å²) in [5.41, 5.74) is 7.64. The van der Waals surface area contributed by atoms with Gasteiger partial charge in [-0.15, -0.1) is 0 Å². The number of methoxy groups -OCH3 is 1. The van der Waals surface area contributed by atoms with Crippen molar-refractivity contribution in [2.24, 2.45) is 0 Å². The zero-order valence-electron chi connectivity index (χ0n) is 11.9. The molecule has 0 aliphatic carbocycles. The van der Waals surface area contributed by atoms with Gasteiger partial charge in [-0.05, 0) is 18.6 Å². The van der Waals surface area contributed by atoms with Gasteiger partial charge in [0.2, 0.25) is 5.88 Å². The molecule has 1 aromatic carbocycles. The Morgan fingerprint density at radius 2 is 1.95 bits per heavy atom. The Morgan fingerprint density at radius 1 is 1.20 bits per heavy atom. The topological polar surface area (TPSA) is 64.3 Å². The largest absolute Gasteiger partial charge is 0.479 e. The molecule has 0 saturated heterocycles. The molecule has 0 spiro atoms. The van der Waals surface area contributed by atoms with Crippen LogP contribution in [0, 0.1) is 0 Å². The zero-order chi connectivity index (χ0) is 14.4. The Morgan fingerprint density at radius 3 is 2.60 bits per heavy atom. The van der Waals surface area contributed by atoms with Crippen LogP contribution in [-0.4, -0.2) is 23.6 Å². The first-order chi connectivity index (χ1) is 9.77. The van der Waals surface area contributed by atoms with E-state index in [0.29, 0.717) is 17.4 Å². The van der Waals surface area contributed by atoms with Gasteiger partial charge in [0.15, 0.2) is 5.82 Å². The van der Waals surface area contributed by atoms with Crippen LogP contribution >= 0.6 is 0 Å². The number of anilines is 3. The highest BCUT2D eigenvalue weighted by Crippen LogP contribution is 2.32. The molecule has 1 aromatic heterocycles. The van der Waals surface area contributed by atoms with Gasteiger partial charge in [0.25, 0.3) is 0 Å². The van der Waals surface area contributed by atoms with Crippen LogP contribution in [0.2, 0.25) is 0 Å². The summed E-state index contributed by atoms with van der Waals surface area (Å²) >= 11 is 0. The molecule has 0 radical (unpaired) electrons. The Bertz CT molecular complexity index is 545. The summed E-state index contributed by atoms with van der Waals surface area (Å²) in [6, 6.07) is 10.1. The fourth-order valence-corrected chi connectivity index (χ4v) is 2.03. The van der Waals surface area contributed by atoms with Crippen molar-refractivity contribution in [1.82, 2.24) is 9.97 Å². The molecule has 0 aliphatic heterocycles. The lowest BCUT2D eigenvalue weighted by molar-refractivity contribution is 0.399. The number of ether oxygens (including phenoxy) is 1. The fourth-order valence-electron chi connectivity index (χ4n) is 2.03. The Hall–Kier alpha value is -2.30. The van der Waals surface area contributed by atoms with Gasteiger partial charge >= 0.3 is 0 Å². The van der Waals surface area contributed by atoms with Crippen LogP contribution in [0.1, 0.15) is 19.8 Å². The first-order valence-corrected chi connectivity index (χ1v) is 6.75. The molecule has 5 nitrogen and oxygen atoms in total. The van der Waals surface area contributed by atoms with Crippen molar-refractivity contribution < 1.29 is 4.74 Å². The summed E-state index contributed by atoms with van der Waals surface area (Å²) in [4.78, 5) is 10.5. The molecule has 1 heterocycles. The van der Waals surface area contributed by atoms with E-state index in [2.05, 4.69) is 21.8 Å². The van der Waals surface area contributed by atoms with Crippen LogP contribution in [0.5, 0.6) is 5.88 Å². The van der Waals surface area contributed by atoms with E-state index >= 15 is 0 Å². The molecular weight excluding hydrogens is 252 g/mol. The Balaban J connectivity index is 2.41. The van der Waals surface area contributed by atoms with Crippen LogP contribution in [0.3, 0.4) is 0 Å². The van der Waals surface area contributed by atoms with E-state index in [-0.39, 0.29) is 0 Å². The highest BCUT2D eigenvalue weighted by Gasteiger charge is 2.16. The maximum atomic E-state index is 6.11. The van der Waals surface area contributed by atoms with Crippen molar-refractivity contribution in [3.63, 3.8) is 0 Å². The van der Waals surface area contributed by atoms with Crippen molar-refractivity contribution in [2.75, 3.05) is 24.3 Å². The summed E-state index contributed by atoms with van der Waals surface area (Å²) in [7, 11) is 1.56. The quantitative estimate of drug-likeness (QED) is 0.875. The lowest BCUT2D eigenvalue weighted by Gasteiger charge is -2.25. The molecule has 20 heavy (non-hydrogen) atoms. The maximum Gasteiger partial charge on any atom is 0.242 e. The molecule has 106 valence electrons. The number of nitrogens with two attached hydrogens (primary N) is 1. The predicted molar refractivity (Wildman–Crippen MR) is 81.4 cm³/mol. The van der Waals surface area contributed by atoms with Crippen LogP contribution in [0.25, 0.3) is 0 Å². The molecule has 0 unspecified atom stereocenters. The number of unbranched alkanes of at least 4 members (excludes halogenated alkanes) is 1. The van der Waals surface area contributed by atoms with Crippen LogP contribution in [0.4, 0.5) is 17.2 Å². The average Bonchev–Trinajstić information content (AvgIpc) is 2.50. The van der Waals surface area contributed by atoms with E-state index in [1.54, 1.807) is 7.11 Å². The standard InChI is InChI=1S/C15H20N4O/c1-3-4-10-19(12-8-6-5-7-9-12)14-13(16)15(20-2)18-11-17-14/h5-9,11H,3-4,10,16H2,1-2H3. The summed E-state index contributed by atoms with van der Waals surface area (Å²) in [6.07, 6.45) is 3.64. The minimum Gasteiger partial charge on any atom is -0.479 e. The van der Waals surface area contributed by atoms with Gasteiger partial charge < -0.3 is 15.4 Å². The SMILES string of the molecule is CCCCN(c1ccccc1)c1ncnc(OC)c1N. The third-order valence-corrected chi connectivity index (χ3v) is 3.08. The lowest BCUT2D eigenvalue weighted by atomic mass is 10.2. The number of rotatable bonds is 6. The Kier molecular flexibility index (Phi) is 4.76. The smallest absolute Gasteiger partial charge is 0.242 e. The third-order valence-electron chi connectivity index (χ3n) is 3.08. The number of hydrogen-bond donors (Lipinski definition) is 1. The number of aromatic nitrogens is 2. The molecule has 0 atom stereocenters. The van der Waals surface area contributed by atoms with E-state index in [1.165, 1.54) is 6.33 Å². The molecule has 0 saturated carbocycles. The third kappa shape index (κ3) is 2.99. The van der Waals surface area contributed by atoms with Crippen molar-refractivity contribution in [3.8, 4) is 5.88 Å². The van der Waals surface area contributed by atoms with Gasteiger partial charge in [-0.25, -0.2) is 4.98 Å². The van der Waals surface area contributed by atoms with Gasteiger partial charge in [-0.3, -0.25) is 0 Å². The number of benzene rings is 1. The van der Waals surface area contributed by atoms with E-state index < -0.39 is 0 Å². The van der Waals surface area contributed by atoms with E-state index in [1.807, 2.05) is 30.3 Å². The lowest BCUT2D eigenvalue weighted by Crippen LogP contribution is -2.21. The zero-order valence-corrected chi connectivity index (χ0v) is 11.9. The molecule has 2 N–H and O–H groups in total. The van der Waals surface area contributed by atoms with Gasteiger partial charge in [0.1, 0.15) is 12.0 Å².